The van der Waals surface area contributed by atoms with Crippen molar-refractivity contribution in [1.29, 1.82) is 0 Å². The van der Waals surface area contributed by atoms with E-state index in [9.17, 15) is 9.18 Å². The Kier molecular flexibility index (Phi) is 5.27. The van der Waals surface area contributed by atoms with Crippen molar-refractivity contribution in [2.24, 2.45) is 0 Å². The number of hydrogen-bond donors (Lipinski definition) is 2. The number of halogens is 1. The molecule has 0 spiro atoms. The summed E-state index contributed by atoms with van der Waals surface area (Å²) < 4.78 is 18.1. The monoisotopic (exact) mass is 345 g/mol. The van der Waals surface area contributed by atoms with Crippen LogP contribution in [0.3, 0.4) is 0 Å². The van der Waals surface area contributed by atoms with Gasteiger partial charge < -0.3 is 20.3 Å². The minimum atomic E-state index is -0.293. The number of anilines is 1. The molecule has 132 valence electrons. The Morgan fingerprint density at radius 2 is 2.08 bits per heavy atom. The summed E-state index contributed by atoms with van der Waals surface area (Å²) in [6, 6.07) is 5.80. The number of ether oxygens (including phenoxy) is 1. The number of carbonyl (C=O) groups excluding carboxylic acids is 1. The Morgan fingerprint density at radius 1 is 1.32 bits per heavy atom. The molecule has 3 rings (SSSR count). The first kappa shape index (κ1) is 16.9. The molecule has 0 radical (unpaired) electrons. The van der Waals surface area contributed by atoms with Crippen LogP contribution in [0.25, 0.3) is 0 Å². The van der Waals surface area contributed by atoms with Gasteiger partial charge in [0.25, 0.3) is 5.88 Å². The molecule has 1 atom stereocenters. The quantitative estimate of drug-likeness (QED) is 0.862. The van der Waals surface area contributed by atoms with Crippen LogP contribution < -0.4 is 20.3 Å². The van der Waals surface area contributed by atoms with Gasteiger partial charge in [0.15, 0.2) is 5.82 Å². The second-order valence-electron chi connectivity index (χ2n) is 5.77. The normalized spacial score (nSPS) is 16.6. The van der Waals surface area contributed by atoms with Gasteiger partial charge in [0.1, 0.15) is 5.82 Å². The molecule has 0 saturated carbocycles. The summed E-state index contributed by atoms with van der Waals surface area (Å²) in [6.07, 6.45) is 4.01. The van der Waals surface area contributed by atoms with Gasteiger partial charge in [0, 0.05) is 38.1 Å². The van der Waals surface area contributed by atoms with Crippen LogP contribution in [0.1, 0.15) is 12.0 Å². The number of nitrogens with one attached hydrogen (secondary N) is 2. The Labute approximate surface area is 145 Å². The lowest BCUT2D eigenvalue weighted by Gasteiger charge is -2.19. The predicted octanol–water partition coefficient (Wildman–Crippen LogP) is 1.70. The van der Waals surface area contributed by atoms with Crippen LogP contribution in [0.2, 0.25) is 0 Å². The zero-order valence-electron chi connectivity index (χ0n) is 13.9. The molecule has 2 heterocycles. The zero-order valence-corrected chi connectivity index (χ0v) is 13.9. The lowest BCUT2D eigenvalue weighted by Crippen LogP contribution is -2.43. The van der Waals surface area contributed by atoms with Gasteiger partial charge in [0.05, 0.1) is 7.11 Å². The molecule has 1 fully saturated rings. The molecule has 0 unspecified atom stereocenters. The van der Waals surface area contributed by atoms with Crippen LogP contribution >= 0.6 is 0 Å². The second-order valence-corrected chi connectivity index (χ2v) is 5.77. The summed E-state index contributed by atoms with van der Waals surface area (Å²) in [5.74, 6) is 0.864. The van der Waals surface area contributed by atoms with Gasteiger partial charge in [-0.3, -0.25) is 0 Å². The van der Waals surface area contributed by atoms with Gasteiger partial charge in [0.2, 0.25) is 0 Å². The lowest BCUT2D eigenvalue weighted by atomic mass is 10.2. The standard InChI is InChI=1S/C17H20FN5O2/c1-25-16-15(19-7-8-20-16)23-9-6-14(11-23)22-17(24)21-10-12-2-4-13(18)5-3-12/h2-5,7-8,14H,6,9-11H2,1H3,(H2,21,22,24)/t14-/m0/s1. The van der Waals surface area contributed by atoms with E-state index in [4.69, 9.17) is 4.74 Å². The third-order valence-electron chi connectivity index (χ3n) is 4.03. The topological polar surface area (TPSA) is 79.4 Å². The number of rotatable bonds is 5. The maximum atomic E-state index is 12.9. The van der Waals surface area contributed by atoms with Crippen molar-refractivity contribution in [1.82, 2.24) is 20.6 Å². The fraction of sp³-hybridized carbons (Fsp3) is 0.353. The number of aromatic nitrogens is 2. The number of hydrogen-bond acceptors (Lipinski definition) is 5. The molecule has 0 aliphatic carbocycles. The Hall–Kier alpha value is -2.90. The van der Waals surface area contributed by atoms with E-state index in [-0.39, 0.29) is 17.9 Å². The van der Waals surface area contributed by atoms with E-state index in [2.05, 4.69) is 20.6 Å². The maximum Gasteiger partial charge on any atom is 0.315 e. The van der Waals surface area contributed by atoms with E-state index in [0.29, 0.717) is 24.8 Å². The molecule has 2 N–H and O–H groups in total. The fourth-order valence-corrected chi connectivity index (χ4v) is 2.77. The Balaban J connectivity index is 1.49. The zero-order chi connectivity index (χ0) is 17.6. The molecule has 25 heavy (non-hydrogen) atoms. The van der Waals surface area contributed by atoms with Crippen LogP contribution in [0, 0.1) is 5.82 Å². The van der Waals surface area contributed by atoms with E-state index < -0.39 is 0 Å². The van der Waals surface area contributed by atoms with Crippen molar-refractivity contribution in [3.8, 4) is 5.88 Å². The summed E-state index contributed by atoms with van der Waals surface area (Å²) in [4.78, 5) is 22.5. The third kappa shape index (κ3) is 4.34. The molecule has 8 heteroatoms. The van der Waals surface area contributed by atoms with Crippen molar-refractivity contribution < 1.29 is 13.9 Å². The van der Waals surface area contributed by atoms with Gasteiger partial charge in [-0.1, -0.05) is 12.1 Å². The summed E-state index contributed by atoms with van der Waals surface area (Å²) in [5.41, 5.74) is 0.842. The number of amides is 2. The van der Waals surface area contributed by atoms with E-state index in [1.165, 1.54) is 12.1 Å². The maximum absolute atomic E-state index is 12.9. The SMILES string of the molecule is COc1nccnc1N1CC[C@H](NC(=O)NCc2ccc(F)cc2)C1. The molecule has 1 aromatic carbocycles. The lowest BCUT2D eigenvalue weighted by molar-refractivity contribution is 0.237. The van der Waals surface area contributed by atoms with Gasteiger partial charge >= 0.3 is 6.03 Å². The van der Waals surface area contributed by atoms with Crippen LogP contribution in [0.15, 0.2) is 36.7 Å². The highest BCUT2D eigenvalue weighted by Gasteiger charge is 2.27. The molecule has 1 saturated heterocycles. The molecular weight excluding hydrogens is 325 g/mol. The van der Waals surface area contributed by atoms with E-state index in [0.717, 1.165) is 18.5 Å². The minimum Gasteiger partial charge on any atom is -0.478 e. The Bertz CT molecular complexity index is 725. The van der Waals surface area contributed by atoms with Crippen molar-refractivity contribution in [3.63, 3.8) is 0 Å². The highest BCUT2D eigenvalue weighted by atomic mass is 19.1. The molecule has 2 aromatic rings. The first-order valence-electron chi connectivity index (χ1n) is 8.04. The van der Waals surface area contributed by atoms with Crippen LogP contribution in [-0.2, 0) is 6.54 Å². The van der Waals surface area contributed by atoms with Gasteiger partial charge in [-0.05, 0) is 24.1 Å². The third-order valence-corrected chi connectivity index (χ3v) is 4.03. The van der Waals surface area contributed by atoms with Crippen LogP contribution in [0.5, 0.6) is 5.88 Å². The van der Waals surface area contributed by atoms with Crippen molar-refractivity contribution in [3.05, 3.63) is 48.0 Å². The fourth-order valence-electron chi connectivity index (χ4n) is 2.77. The smallest absolute Gasteiger partial charge is 0.315 e. The summed E-state index contributed by atoms with van der Waals surface area (Å²) in [6.45, 7) is 1.75. The predicted molar refractivity (Wildman–Crippen MR) is 91.0 cm³/mol. The highest BCUT2D eigenvalue weighted by molar-refractivity contribution is 5.74. The first-order chi connectivity index (χ1) is 12.2. The summed E-state index contributed by atoms with van der Waals surface area (Å²) in [7, 11) is 1.56. The first-order valence-corrected chi connectivity index (χ1v) is 8.04. The highest BCUT2D eigenvalue weighted by Crippen LogP contribution is 2.25. The number of nitrogens with zero attached hydrogens (tertiary/aromatic N) is 3. The second kappa shape index (κ2) is 7.78. The average Bonchev–Trinajstić information content (AvgIpc) is 3.09. The number of methoxy groups -OCH3 is 1. The molecular formula is C17H20FN5O2. The van der Waals surface area contributed by atoms with Crippen molar-refractivity contribution in [2.75, 3.05) is 25.1 Å². The van der Waals surface area contributed by atoms with Crippen molar-refractivity contribution in [2.45, 2.75) is 19.0 Å². The number of benzene rings is 1. The van der Waals surface area contributed by atoms with Gasteiger partial charge in [-0.15, -0.1) is 0 Å². The number of urea groups is 1. The minimum absolute atomic E-state index is 0.0138. The molecule has 1 aromatic heterocycles. The van der Waals surface area contributed by atoms with Crippen LogP contribution in [-0.4, -0.2) is 42.2 Å². The molecule has 1 aliphatic rings. The molecule has 1 aliphatic heterocycles. The van der Waals surface area contributed by atoms with E-state index in [1.54, 1.807) is 31.6 Å². The number of carbonyl (C=O) groups is 1. The molecule has 0 bridgehead atoms. The average molecular weight is 345 g/mol. The molecule has 2 amide bonds. The van der Waals surface area contributed by atoms with E-state index >= 15 is 0 Å². The summed E-state index contributed by atoms with van der Waals surface area (Å²) in [5, 5.41) is 5.72. The van der Waals surface area contributed by atoms with Crippen molar-refractivity contribution >= 4 is 11.8 Å². The largest absolute Gasteiger partial charge is 0.478 e. The van der Waals surface area contributed by atoms with Gasteiger partial charge in [-0.25, -0.2) is 19.2 Å². The summed E-state index contributed by atoms with van der Waals surface area (Å²) >= 11 is 0. The van der Waals surface area contributed by atoms with Crippen LogP contribution in [0.4, 0.5) is 15.0 Å². The van der Waals surface area contributed by atoms with E-state index in [1.807, 2.05) is 4.90 Å². The van der Waals surface area contributed by atoms with Gasteiger partial charge in [-0.2, -0.15) is 0 Å². The molecule has 7 nitrogen and oxygen atoms in total. The Morgan fingerprint density at radius 3 is 2.84 bits per heavy atom.